The number of hydrogen-bond acceptors (Lipinski definition) is 3. The summed E-state index contributed by atoms with van der Waals surface area (Å²) < 4.78 is 13.9. The van der Waals surface area contributed by atoms with Crippen LogP contribution in [0.2, 0.25) is 0 Å². The van der Waals surface area contributed by atoms with Gasteiger partial charge in [-0.25, -0.2) is 0 Å². The van der Waals surface area contributed by atoms with Crippen LogP contribution in [0, 0.1) is 0 Å². The Labute approximate surface area is 106 Å². The van der Waals surface area contributed by atoms with Gasteiger partial charge in [0.05, 0.1) is 17.1 Å². The molecule has 17 heavy (non-hydrogen) atoms. The molecular weight excluding hydrogens is 234 g/mol. The van der Waals surface area contributed by atoms with Crippen molar-refractivity contribution in [1.29, 1.82) is 0 Å². The maximum atomic E-state index is 11.9. The highest BCUT2D eigenvalue weighted by molar-refractivity contribution is 7.84. The van der Waals surface area contributed by atoms with Crippen LogP contribution in [0.5, 0.6) is 0 Å². The molecule has 2 unspecified atom stereocenters. The number of nitrogens with two attached hydrogens (primary N) is 1. The highest BCUT2D eigenvalue weighted by Gasteiger charge is 2.11. The maximum Gasteiger partial charge on any atom is 0.0656 e. The summed E-state index contributed by atoms with van der Waals surface area (Å²) in [4.78, 5) is 0. The fourth-order valence-corrected chi connectivity index (χ4v) is 3.05. The van der Waals surface area contributed by atoms with Crippen LogP contribution in [-0.4, -0.2) is 25.8 Å². The molecule has 2 N–H and O–H groups in total. The van der Waals surface area contributed by atoms with Crippen LogP contribution >= 0.6 is 0 Å². The average Bonchev–Trinajstić information content (AvgIpc) is 2.70. The van der Waals surface area contributed by atoms with Gasteiger partial charge in [-0.1, -0.05) is 13.8 Å². The van der Waals surface area contributed by atoms with Crippen molar-refractivity contribution >= 4 is 10.8 Å². The second-order valence-electron chi connectivity index (χ2n) is 4.22. The number of aryl methyl sites for hydroxylation is 2. The van der Waals surface area contributed by atoms with E-state index >= 15 is 0 Å². The zero-order valence-corrected chi connectivity index (χ0v) is 11.8. The molecule has 2 atom stereocenters. The molecule has 0 aromatic carbocycles. The molecule has 1 aromatic rings. The van der Waals surface area contributed by atoms with Gasteiger partial charge in [-0.05, 0) is 25.8 Å². The second kappa shape index (κ2) is 6.91. The van der Waals surface area contributed by atoms with Gasteiger partial charge in [0.1, 0.15) is 0 Å². The van der Waals surface area contributed by atoms with Crippen molar-refractivity contribution in [2.45, 2.75) is 52.0 Å². The Bertz CT molecular complexity index is 376. The van der Waals surface area contributed by atoms with Gasteiger partial charge < -0.3 is 5.73 Å². The number of aromatic nitrogens is 2. The van der Waals surface area contributed by atoms with Gasteiger partial charge >= 0.3 is 0 Å². The molecule has 98 valence electrons. The number of nitrogens with zero attached hydrogens (tertiary/aromatic N) is 2. The summed E-state index contributed by atoms with van der Waals surface area (Å²) in [6, 6.07) is 2.10. The van der Waals surface area contributed by atoms with Crippen LogP contribution in [0.4, 0.5) is 0 Å². The Morgan fingerprint density at radius 3 is 2.71 bits per heavy atom. The van der Waals surface area contributed by atoms with Crippen LogP contribution in [0.25, 0.3) is 0 Å². The van der Waals surface area contributed by atoms with E-state index in [0.717, 1.165) is 30.8 Å². The van der Waals surface area contributed by atoms with E-state index in [1.807, 2.05) is 11.6 Å². The first-order valence-electron chi connectivity index (χ1n) is 6.26. The van der Waals surface area contributed by atoms with Crippen LogP contribution in [0.3, 0.4) is 0 Å². The van der Waals surface area contributed by atoms with Crippen molar-refractivity contribution in [3.63, 3.8) is 0 Å². The normalized spacial score (nSPS) is 14.8. The molecule has 0 radical (unpaired) electrons. The lowest BCUT2D eigenvalue weighted by atomic mass is 10.3. The van der Waals surface area contributed by atoms with Crippen molar-refractivity contribution < 1.29 is 4.21 Å². The summed E-state index contributed by atoms with van der Waals surface area (Å²) >= 11 is 0. The average molecular weight is 257 g/mol. The smallest absolute Gasteiger partial charge is 0.0656 e. The topological polar surface area (TPSA) is 60.9 Å². The molecule has 5 heteroatoms. The lowest BCUT2D eigenvalue weighted by Gasteiger charge is -2.09. The predicted octanol–water partition coefficient (Wildman–Crippen LogP) is 1.45. The molecule has 1 aromatic heterocycles. The third kappa shape index (κ3) is 4.24. The van der Waals surface area contributed by atoms with Gasteiger partial charge in [0.2, 0.25) is 0 Å². The van der Waals surface area contributed by atoms with Crippen molar-refractivity contribution in [1.82, 2.24) is 9.78 Å². The molecule has 4 nitrogen and oxygen atoms in total. The van der Waals surface area contributed by atoms with E-state index in [0.29, 0.717) is 11.5 Å². The fourth-order valence-electron chi connectivity index (χ4n) is 1.66. The molecule has 1 heterocycles. The van der Waals surface area contributed by atoms with Crippen molar-refractivity contribution in [2.24, 2.45) is 5.73 Å². The summed E-state index contributed by atoms with van der Waals surface area (Å²) in [5, 5.41) is 4.45. The van der Waals surface area contributed by atoms with E-state index in [9.17, 15) is 4.21 Å². The minimum Gasteiger partial charge on any atom is -0.327 e. The van der Waals surface area contributed by atoms with Crippen molar-refractivity contribution in [3.05, 3.63) is 17.5 Å². The molecule has 1 rings (SSSR count). The first kappa shape index (κ1) is 14.4. The van der Waals surface area contributed by atoms with Crippen LogP contribution in [0.15, 0.2) is 6.07 Å². The van der Waals surface area contributed by atoms with Crippen molar-refractivity contribution in [3.8, 4) is 0 Å². The third-order valence-corrected chi connectivity index (χ3v) is 4.23. The SMILES string of the molecule is CCc1cc(CS(=O)CC(N)CC)n(CC)n1. The quantitative estimate of drug-likeness (QED) is 0.804. The van der Waals surface area contributed by atoms with E-state index in [1.165, 1.54) is 0 Å². The highest BCUT2D eigenvalue weighted by Crippen LogP contribution is 2.09. The van der Waals surface area contributed by atoms with Crippen molar-refractivity contribution in [2.75, 3.05) is 5.75 Å². The van der Waals surface area contributed by atoms with E-state index in [2.05, 4.69) is 25.0 Å². The molecule has 0 spiro atoms. The van der Waals surface area contributed by atoms with Gasteiger partial charge in [0.25, 0.3) is 0 Å². The lowest BCUT2D eigenvalue weighted by Crippen LogP contribution is -2.26. The Morgan fingerprint density at radius 1 is 1.47 bits per heavy atom. The summed E-state index contributed by atoms with van der Waals surface area (Å²) in [5.41, 5.74) is 7.94. The van der Waals surface area contributed by atoms with E-state index < -0.39 is 10.8 Å². The van der Waals surface area contributed by atoms with Gasteiger partial charge in [-0.3, -0.25) is 8.89 Å². The Hall–Kier alpha value is -0.680. The zero-order valence-electron chi connectivity index (χ0n) is 11.0. The summed E-state index contributed by atoms with van der Waals surface area (Å²) in [6.45, 7) is 6.98. The molecule has 0 fully saturated rings. The fraction of sp³-hybridized carbons (Fsp3) is 0.750. The minimum atomic E-state index is -0.887. The second-order valence-corrected chi connectivity index (χ2v) is 5.72. The molecule has 0 aliphatic rings. The monoisotopic (exact) mass is 257 g/mol. The Balaban J connectivity index is 2.66. The molecule has 0 aliphatic carbocycles. The Kier molecular flexibility index (Phi) is 5.85. The lowest BCUT2D eigenvalue weighted by molar-refractivity contribution is 0.621. The van der Waals surface area contributed by atoms with E-state index in [4.69, 9.17) is 5.73 Å². The predicted molar refractivity (Wildman–Crippen MR) is 72.3 cm³/mol. The summed E-state index contributed by atoms with van der Waals surface area (Å²) in [5.74, 6) is 1.14. The van der Waals surface area contributed by atoms with Gasteiger partial charge in [-0.2, -0.15) is 5.10 Å². The third-order valence-electron chi connectivity index (χ3n) is 2.81. The molecule has 0 saturated heterocycles. The van der Waals surface area contributed by atoms with E-state index in [-0.39, 0.29) is 6.04 Å². The zero-order chi connectivity index (χ0) is 12.8. The van der Waals surface area contributed by atoms with Crippen LogP contribution in [-0.2, 0) is 29.5 Å². The standard InChI is InChI=1S/C12H23N3OS/c1-4-10(13)8-17(16)9-12-7-11(5-2)14-15(12)6-3/h7,10H,4-6,8-9,13H2,1-3H3. The number of hydrogen-bond donors (Lipinski definition) is 1. The maximum absolute atomic E-state index is 11.9. The first-order valence-corrected chi connectivity index (χ1v) is 7.75. The van der Waals surface area contributed by atoms with Gasteiger partial charge in [0.15, 0.2) is 0 Å². The molecular formula is C12H23N3OS. The summed E-state index contributed by atoms with van der Waals surface area (Å²) in [7, 11) is -0.887. The Morgan fingerprint density at radius 2 is 2.18 bits per heavy atom. The largest absolute Gasteiger partial charge is 0.327 e. The van der Waals surface area contributed by atoms with Gasteiger partial charge in [-0.15, -0.1) is 0 Å². The molecule has 0 amide bonds. The molecule has 0 aliphatic heterocycles. The molecule has 0 saturated carbocycles. The first-order chi connectivity index (χ1) is 8.10. The van der Waals surface area contributed by atoms with Gasteiger partial charge in [0, 0.05) is 29.1 Å². The number of rotatable bonds is 7. The van der Waals surface area contributed by atoms with E-state index in [1.54, 1.807) is 0 Å². The van der Waals surface area contributed by atoms with Crippen LogP contribution < -0.4 is 5.73 Å². The summed E-state index contributed by atoms with van der Waals surface area (Å²) in [6.07, 6.45) is 1.79. The molecule has 0 bridgehead atoms. The highest BCUT2D eigenvalue weighted by atomic mass is 32.2. The minimum absolute atomic E-state index is 0.0412. The van der Waals surface area contributed by atoms with Crippen LogP contribution in [0.1, 0.15) is 38.6 Å².